The lowest BCUT2D eigenvalue weighted by Gasteiger charge is -2.23. The van der Waals surface area contributed by atoms with Gasteiger partial charge in [0.15, 0.2) is 23.3 Å². The van der Waals surface area contributed by atoms with Gasteiger partial charge in [-0.15, -0.1) is 0 Å². The van der Waals surface area contributed by atoms with E-state index in [1.54, 1.807) is 24.3 Å². The second-order valence-corrected chi connectivity index (χ2v) is 7.22. The molecule has 0 radical (unpaired) electrons. The molecule has 0 saturated heterocycles. The lowest BCUT2D eigenvalue weighted by atomic mass is 10.1. The number of benzene rings is 3. The lowest BCUT2D eigenvalue weighted by molar-refractivity contribution is -0.384. The molecular formula is C23H19F5N4O2. The molecule has 0 fully saturated rings. The molecule has 0 aliphatic rings. The highest BCUT2D eigenvalue weighted by Gasteiger charge is 2.25. The molecule has 0 spiro atoms. The fourth-order valence-corrected chi connectivity index (χ4v) is 3.27. The highest BCUT2D eigenvalue weighted by Crippen LogP contribution is 2.26. The quantitative estimate of drug-likeness (QED) is 0.0818. The van der Waals surface area contributed by atoms with Gasteiger partial charge in [-0.2, -0.15) is 10.2 Å². The van der Waals surface area contributed by atoms with Crippen molar-refractivity contribution in [2.75, 3.05) is 18.0 Å². The fraction of sp³-hybridized carbons (Fsp3) is 0.217. The van der Waals surface area contributed by atoms with Gasteiger partial charge in [0.25, 0.3) is 5.69 Å². The van der Waals surface area contributed by atoms with Crippen LogP contribution in [0, 0.1) is 39.2 Å². The molecular weight excluding hydrogens is 459 g/mol. The van der Waals surface area contributed by atoms with Crippen molar-refractivity contribution in [2.45, 2.75) is 19.8 Å². The van der Waals surface area contributed by atoms with Crippen molar-refractivity contribution >= 4 is 22.7 Å². The molecule has 0 amide bonds. The lowest BCUT2D eigenvalue weighted by Crippen LogP contribution is -2.24. The van der Waals surface area contributed by atoms with Gasteiger partial charge in [-0.3, -0.25) is 10.1 Å². The van der Waals surface area contributed by atoms with Crippen LogP contribution in [0.15, 0.2) is 58.8 Å². The molecule has 3 aromatic rings. The van der Waals surface area contributed by atoms with Crippen LogP contribution >= 0.6 is 0 Å². The molecule has 0 heterocycles. The van der Waals surface area contributed by atoms with Crippen LogP contribution in [0.5, 0.6) is 0 Å². The zero-order valence-electron chi connectivity index (χ0n) is 17.9. The maximum atomic E-state index is 13.8. The van der Waals surface area contributed by atoms with E-state index in [9.17, 15) is 32.1 Å². The number of nitro groups is 1. The van der Waals surface area contributed by atoms with Crippen molar-refractivity contribution in [1.29, 1.82) is 0 Å². The molecule has 0 aliphatic carbocycles. The Kier molecular flexibility index (Phi) is 7.87. The Labute approximate surface area is 191 Å². The fourth-order valence-electron chi connectivity index (χ4n) is 3.27. The molecule has 0 atom stereocenters. The van der Waals surface area contributed by atoms with Gasteiger partial charge < -0.3 is 4.90 Å². The monoisotopic (exact) mass is 478 g/mol. The van der Waals surface area contributed by atoms with Gasteiger partial charge in [0.05, 0.1) is 16.3 Å². The predicted octanol–water partition coefficient (Wildman–Crippen LogP) is 7.16. The summed E-state index contributed by atoms with van der Waals surface area (Å²) in [6.45, 7) is 2.72. The zero-order valence-corrected chi connectivity index (χ0v) is 17.9. The van der Waals surface area contributed by atoms with E-state index in [1.807, 2.05) is 11.8 Å². The highest BCUT2D eigenvalue weighted by molar-refractivity contribution is 5.53. The molecule has 0 aliphatic heterocycles. The maximum absolute atomic E-state index is 13.8. The first-order valence-corrected chi connectivity index (χ1v) is 10.2. The van der Waals surface area contributed by atoms with E-state index in [0.29, 0.717) is 24.5 Å². The molecule has 0 unspecified atom stereocenters. The zero-order chi connectivity index (χ0) is 24.8. The molecule has 0 bridgehead atoms. The smallest absolute Gasteiger partial charge is 0.269 e. The van der Waals surface area contributed by atoms with Crippen molar-refractivity contribution in [3.63, 3.8) is 0 Å². The van der Waals surface area contributed by atoms with Crippen LogP contribution in [0.3, 0.4) is 0 Å². The summed E-state index contributed by atoms with van der Waals surface area (Å²) in [5.74, 6) is -9.66. The number of rotatable bonds is 9. The van der Waals surface area contributed by atoms with E-state index in [2.05, 4.69) is 10.2 Å². The van der Waals surface area contributed by atoms with E-state index >= 15 is 0 Å². The molecule has 3 rings (SSSR count). The van der Waals surface area contributed by atoms with Gasteiger partial charge in [-0.05, 0) is 56.2 Å². The molecule has 34 heavy (non-hydrogen) atoms. The van der Waals surface area contributed by atoms with Crippen molar-refractivity contribution in [2.24, 2.45) is 10.2 Å². The van der Waals surface area contributed by atoms with Gasteiger partial charge in [-0.25, -0.2) is 22.0 Å². The van der Waals surface area contributed by atoms with Gasteiger partial charge in [0.2, 0.25) is 5.82 Å². The van der Waals surface area contributed by atoms with Crippen LogP contribution in [0.2, 0.25) is 0 Å². The third-order valence-corrected chi connectivity index (χ3v) is 5.09. The Bertz CT molecular complexity index is 1170. The Morgan fingerprint density at radius 3 is 1.74 bits per heavy atom. The number of azo groups is 1. The van der Waals surface area contributed by atoms with Crippen LogP contribution in [0.1, 0.15) is 18.9 Å². The Hall–Kier alpha value is -3.89. The summed E-state index contributed by atoms with van der Waals surface area (Å²) in [4.78, 5) is 12.0. The van der Waals surface area contributed by atoms with Crippen LogP contribution < -0.4 is 4.90 Å². The number of nitrogens with zero attached hydrogens (tertiary/aromatic N) is 4. The maximum Gasteiger partial charge on any atom is 0.269 e. The predicted molar refractivity (Wildman–Crippen MR) is 116 cm³/mol. The number of nitro benzene ring substituents is 1. The van der Waals surface area contributed by atoms with Crippen molar-refractivity contribution in [1.82, 2.24) is 0 Å². The molecule has 0 N–H and O–H groups in total. The first kappa shape index (κ1) is 24.7. The number of hydrogen-bond donors (Lipinski definition) is 0. The van der Waals surface area contributed by atoms with Crippen molar-refractivity contribution in [3.8, 4) is 0 Å². The SMILES string of the molecule is CCN(CCCc1c(F)c(F)c(F)c(F)c1F)c1ccc(/N=N/c2ccc([N+](=O)[O-])cc2)cc1. The van der Waals surface area contributed by atoms with Crippen molar-refractivity contribution < 1.29 is 26.9 Å². The van der Waals surface area contributed by atoms with E-state index in [-0.39, 0.29) is 18.5 Å². The van der Waals surface area contributed by atoms with Crippen LogP contribution in [-0.4, -0.2) is 18.0 Å². The van der Waals surface area contributed by atoms with E-state index < -0.39 is 39.6 Å². The van der Waals surface area contributed by atoms with Gasteiger partial charge in [0, 0.05) is 36.5 Å². The molecule has 11 heteroatoms. The minimum absolute atomic E-state index is 0.0527. The Balaban J connectivity index is 1.63. The Morgan fingerprint density at radius 2 is 1.26 bits per heavy atom. The molecule has 0 saturated carbocycles. The summed E-state index contributed by atoms with van der Waals surface area (Å²) in [7, 11) is 0. The Morgan fingerprint density at radius 1 is 0.794 bits per heavy atom. The minimum Gasteiger partial charge on any atom is -0.372 e. The summed E-state index contributed by atoms with van der Waals surface area (Å²) >= 11 is 0. The van der Waals surface area contributed by atoms with Gasteiger partial charge in [0.1, 0.15) is 0 Å². The van der Waals surface area contributed by atoms with Gasteiger partial charge >= 0.3 is 0 Å². The average Bonchev–Trinajstić information content (AvgIpc) is 2.85. The van der Waals surface area contributed by atoms with E-state index in [4.69, 9.17) is 0 Å². The molecule has 178 valence electrons. The first-order chi connectivity index (χ1) is 16.2. The molecule has 6 nitrogen and oxygen atoms in total. The van der Waals surface area contributed by atoms with Crippen LogP contribution in [0.4, 0.5) is 44.7 Å². The summed E-state index contributed by atoms with van der Waals surface area (Å²) in [6.07, 6.45) is -0.155. The summed E-state index contributed by atoms with van der Waals surface area (Å²) in [5, 5.41) is 18.8. The summed E-state index contributed by atoms with van der Waals surface area (Å²) in [6, 6.07) is 12.5. The normalized spacial score (nSPS) is 11.2. The van der Waals surface area contributed by atoms with Gasteiger partial charge in [-0.1, -0.05) is 0 Å². The topological polar surface area (TPSA) is 71.1 Å². The third kappa shape index (κ3) is 5.53. The standard InChI is InChI=1S/C23H19F5N4O2/c1-2-31(13-3-4-18-19(24)21(26)23(28)22(27)20(18)25)16-9-5-14(6-10-16)29-30-15-7-11-17(12-8-15)32(33)34/h5-12H,2-4,13H2,1H3/b30-29+. The number of anilines is 1. The third-order valence-electron chi connectivity index (χ3n) is 5.09. The first-order valence-electron chi connectivity index (χ1n) is 10.2. The van der Waals surface area contributed by atoms with Crippen LogP contribution in [-0.2, 0) is 6.42 Å². The van der Waals surface area contributed by atoms with E-state index in [0.717, 1.165) is 5.69 Å². The largest absolute Gasteiger partial charge is 0.372 e. The van der Waals surface area contributed by atoms with Crippen LogP contribution in [0.25, 0.3) is 0 Å². The molecule has 0 aromatic heterocycles. The number of halogens is 5. The summed E-state index contributed by atoms with van der Waals surface area (Å²) in [5.41, 5.74) is 0.865. The minimum atomic E-state index is -2.17. The van der Waals surface area contributed by atoms with Crippen molar-refractivity contribution in [3.05, 3.63) is 93.3 Å². The number of hydrogen-bond acceptors (Lipinski definition) is 5. The molecule has 3 aromatic carbocycles. The van der Waals surface area contributed by atoms with E-state index in [1.165, 1.54) is 24.3 Å². The second-order valence-electron chi connectivity index (χ2n) is 7.22. The highest BCUT2D eigenvalue weighted by atomic mass is 19.2. The second kappa shape index (κ2) is 10.8. The average molecular weight is 478 g/mol. The summed E-state index contributed by atoms with van der Waals surface area (Å²) < 4.78 is 67.6. The number of non-ortho nitro benzene ring substituents is 1.